The molecule has 0 radical (unpaired) electrons. The highest BCUT2D eigenvalue weighted by atomic mass is 16.3. The Kier molecular flexibility index (Phi) is 1.92. The Morgan fingerprint density at radius 3 is 2.64 bits per heavy atom. The molecule has 1 heterocycles. The van der Waals surface area contributed by atoms with Gasteiger partial charge in [-0.05, 0) is 38.0 Å². The van der Waals surface area contributed by atoms with Gasteiger partial charge in [0.15, 0.2) is 5.78 Å². The maximum Gasteiger partial charge on any atom is 0.160 e. The second-order valence-electron chi connectivity index (χ2n) is 3.62. The summed E-state index contributed by atoms with van der Waals surface area (Å²) >= 11 is 0. The molecular weight excluding hydrogens is 176 g/mol. The van der Waals surface area contributed by atoms with Gasteiger partial charge >= 0.3 is 0 Å². The topological polar surface area (TPSA) is 30.2 Å². The highest BCUT2D eigenvalue weighted by Gasteiger charge is 2.12. The summed E-state index contributed by atoms with van der Waals surface area (Å²) < 4.78 is 5.12. The number of hydrogen-bond acceptors (Lipinski definition) is 2. The molecule has 0 amide bonds. The lowest BCUT2D eigenvalue weighted by molar-refractivity contribution is 0.101. The summed E-state index contributed by atoms with van der Waals surface area (Å²) in [6, 6.07) is 1.99. The number of ketones is 1. The van der Waals surface area contributed by atoms with Gasteiger partial charge in [0.2, 0.25) is 0 Å². The lowest BCUT2D eigenvalue weighted by atomic mass is 9.96. The summed E-state index contributed by atoms with van der Waals surface area (Å²) in [5.74, 6) is 0.114. The number of carbonyl (C=O) groups excluding carboxylic acids is 1. The van der Waals surface area contributed by atoms with Crippen LogP contribution in [0.3, 0.4) is 0 Å². The van der Waals surface area contributed by atoms with Crippen LogP contribution in [0.1, 0.15) is 28.4 Å². The van der Waals surface area contributed by atoms with Crippen LogP contribution in [0, 0.1) is 13.8 Å². The van der Waals surface area contributed by atoms with E-state index in [0.717, 1.165) is 27.5 Å². The third-order valence-corrected chi connectivity index (χ3v) is 2.59. The molecule has 1 aromatic carbocycles. The van der Waals surface area contributed by atoms with E-state index in [1.54, 1.807) is 19.5 Å². The molecule has 2 rings (SSSR count). The van der Waals surface area contributed by atoms with Crippen LogP contribution in [0.5, 0.6) is 0 Å². The molecule has 0 saturated carbocycles. The van der Waals surface area contributed by atoms with E-state index >= 15 is 0 Å². The van der Waals surface area contributed by atoms with E-state index in [2.05, 4.69) is 0 Å². The van der Waals surface area contributed by atoms with Crippen molar-refractivity contribution in [1.82, 2.24) is 0 Å². The van der Waals surface area contributed by atoms with Crippen molar-refractivity contribution >= 4 is 16.6 Å². The van der Waals surface area contributed by atoms with Crippen LogP contribution in [0.2, 0.25) is 0 Å². The fourth-order valence-electron chi connectivity index (χ4n) is 2.00. The highest BCUT2D eigenvalue weighted by Crippen LogP contribution is 2.26. The van der Waals surface area contributed by atoms with Crippen LogP contribution in [0.25, 0.3) is 10.8 Å². The molecule has 0 aliphatic heterocycles. The van der Waals surface area contributed by atoms with Gasteiger partial charge in [0.25, 0.3) is 0 Å². The Bertz CT molecular complexity index is 506. The lowest BCUT2D eigenvalue weighted by Gasteiger charge is -2.06. The number of hydrogen-bond donors (Lipinski definition) is 0. The average molecular weight is 188 g/mol. The van der Waals surface area contributed by atoms with E-state index in [1.807, 2.05) is 19.9 Å². The van der Waals surface area contributed by atoms with Crippen molar-refractivity contribution in [2.24, 2.45) is 0 Å². The molecule has 72 valence electrons. The molecule has 2 nitrogen and oxygen atoms in total. The van der Waals surface area contributed by atoms with E-state index in [4.69, 9.17) is 4.42 Å². The van der Waals surface area contributed by atoms with Crippen molar-refractivity contribution in [3.8, 4) is 0 Å². The van der Waals surface area contributed by atoms with Crippen LogP contribution >= 0.6 is 0 Å². The van der Waals surface area contributed by atoms with Crippen molar-refractivity contribution < 1.29 is 9.21 Å². The molecule has 0 N–H and O–H groups in total. The van der Waals surface area contributed by atoms with E-state index in [1.165, 1.54) is 0 Å². The first-order valence-corrected chi connectivity index (χ1v) is 4.58. The second kappa shape index (κ2) is 2.98. The Labute approximate surface area is 82.5 Å². The van der Waals surface area contributed by atoms with Gasteiger partial charge in [-0.3, -0.25) is 4.79 Å². The maximum atomic E-state index is 11.4. The van der Waals surface area contributed by atoms with E-state index in [-0.39, 0.29) is 5.78 Å². The molecule has 14 heavy (non-hydrogen) atoms. The standard InChI is InChI=1S/C12H12O2/c1-7-4-10-5-14-6-11(10)8(2)12(7)9(3)13/h4-6H,1-3H3. The predicted molar refractivity (Wildman–Crippen MR) is 55.7 cm³/mol. The number of fused-ring (bicyclic) bond motifs is 1. The molecule has 0 atom stereocenters. The number of furan rings is 1. The van der Waals surface area contributed by atoms with E-state index in [9.17, 15) is 4.79 Å². The fourth-order valence-corrected chi connectivity index (χ4v) is 2.00. The van der Waals surface area contributed by atoms with Crippen LogP contribution in [-0.4, -0.2) is 5.78 Å². The third kappa shape index (κ3) is 1.15. The summed E-state index contributed by atoms with van der Waals surface area (Å²) in [6.45, 7) is 5.51. The minimum atomic E-state index is 0.114. The maximum absolute atomic E-state index is 11.4. The van der Waals surface area contributed by atoms with E-state index in [0.29, 0.717) is 0 Å². The molecule has 1 aromatic heterocycles. The number of rotatable bonds is 1. The second-order valence-corrected chi connectivity index (χ2v) is 3.62. The summed E-state index contributed by atoms with van der Waals surface area (Å²) in [7, 11) is 0. The van der Waals surface area contributed by atoms with Gasteiger partial charge in [0.05, 0.1) is 12.5 Å². The van der Waals surface area contributed by atoms with Gasteiger partial charge in [0, 0.05) is 16.3 Å². The smallest absolute Gasteiger partial charge is 0.160 e. The Hall–Kier alpha value is -1.57. The first kappa shape index (κ1) is 9.00. The first-order valence-electron chi connectivity index (χ1n) is 4.58. The first-order chi connectivity index (χ1) is 6.61. The van der Waals surface area contributed by atoms with Crippen LogP contribution < -0.4 is 0 Å². The molecule has 0 spiro atoms. The Balaban J connectivity index is 2.89. The monoisotopic (exact) mass is 188 g/mol. The summed E-state index contributed by atoms with van der Waals surface area (Å²) in [5, 5.41) is 2.09. The molecule has 0 saturated heterocycles. The van der Waals surface area contributed by atoms with E-state index < -0.39 is 0 Å². The summed E-state index contributed by atoms with van der Waals surface area (Å²) in [5.41, 5.74) is 2.85. The molecule has 0 aliphatic rings. The molecule has 2 heteroatoms. The van der Waals surface area contributed by atoms with Gasteiger partial charge in [0.1, 0.15) is 0 Å². The van der Waals surface area contributed by atoms with Crippen molar-refractivity contribution in [3.05, 3.63) is 35.3 Å². The summed E-state index contributed by atoms with van der Waals surface area (Å²) in [4.78, 5) is 11.4. The Morgan fingerprint density at radius 2 is 2.00 bits per heavy atom. The zero-order valence-electron chi connectivity index (χ0n) is 8.55. The summed E-state index contributed by atoms with van der Waals surface area (Å²) in [6.07, 6.45) is 3.40. The number of carbonyl (C=O) groups is 1. The molecule has 2 aromatic rings. The zero-order valence-corrected chi connectivity index (χ0v) is 8.55. The SMILES string of the molecule is CC(=O)c1c(C)cc2cocc2c1C. The Morgan fingerprint density at radius 1 is 1.29 bits per heavy atom. The number of benzene rings is 1. The van der Waals surface area contributed by atoms with Crippen LogP contribution in [0.15, 0.2) is 23.0 Å². The highest BCUT2D eigenvalue weighted by molar-refractivity contribution is 6.02. The van der Waals surface area contributed by atoms with Crippen molar-refractivity contribution in [3.63, 3.8) is 0 Å². The van der Waals surface area contributed by atoms with Crippen molar-refractivity contribution in [1.29, 1.82) is 0 Å². The molecular formula is C12H12O2. The third-order valence-electron chi connectivity index (χ3n) is 2.59. The van der Waals surface area contributed by atoms with Gasteiger partial charge in [-0.1, -0.05) is 0 Å². The van der Waals surface area contributed by atoms with Gasteiger partial charge in [-0.25, -0.2) is 0 Å². The predicted octanol–water partition coefficient (Wildman–Crippen LogP) is 3.25. The van der Waals surface area contributed by atoms with Gasteiger partial charge in [-0.2, -0.15) is 0 Å². The largest absolute Gasteiger partial charge is 0.471 e. The van der Waals surface area contributed by atoms with Crippen molar-refractivity contribution in [2.45, 2.75) is 20.8 Å². The van der Waals surface area contributed by atoms with Gasteiger partial charge < -0.3 is 4.42 Å². The average Bonchev–Trinajstić information content (AvgIpc) is 2.50. The molecule has 0 bridgehead atoms. The van der Waals surface area contributed by atoms with Crippen LogP contribution in [0.4, 0.5) is 0 Å². The van der Waals surface area contributed by atoms with Crippen LogP contribution in [-0.2, 0) is 0 Å². The molecule has 0 unspecified atom stereocenters. The number of Topliss-reactive ketones (excluding diaryl/α,β-unsaturated/α-hetero) is 1. The minimum absolute atomic E-state index is 0.114. The molecule has 0 fully saturated rings. The zero-order chi connectivity index (χ0) is 10.3. The number of aryl methyl sites for hydroxylation is 2. The quantitative estimate of drug-likeness (QED) is 0.643. The molecule has 0 aliphatic carbocycles. The lowest BCUT2D eigenvalue weighted by Crippen LogP contribution is -1.99. The van der Waals surface area contributed by atoms with Crippen molar-refractivity contribution in [2.75, 3.05) is 0 Å². The minimum Gasteiger partial charge on any atom is -0.471 e. The normalized spacial score (nSPS) is 10.8. The van der Waals surface area contributed by atoms with Gasteiger partial charge in [-0.15, -0.1) is 0 Å². The fraction of sp³-hybridized carbons (Fsp3) is 0.250.